The Morgan fingerprint density at radius 3 is 1.39 bits per heavy atom. The van der Waals surface area contributed by atoms with Crippen molar-refractivity contribution in [3.63, 3.8) is 0 Å². The number of ether oxygens (including phenoxy) is 2. The molecule has 11 nitrogen and oxygen atoms in total. The molecule has 0 aliphatic rings. The lowest BCUT2D eigenvalue weighted by Crippen LogP contribution is -2.34. The van der Waals surface area contributed by atoms with E-state index in [-0.39, 0.29) is 19.4 Å². The van der Waals surface area contributed by atoms with E-state index in [4.69, 9.17) is 24.8 Å². The fourth-order valence-electron chi connectivity index (χ4n) is 5.59. The highest BCUT2D eigenvalue weighted by Crippen LogP contribution is 2.43. The van der Waals surface area contributed by atoms with Gasteiger partial charge in [0.05, 0.1) is 13.2 Å². The van der Waals surface area contributed by atoms with E-state index in [9.17, 15) is 23.8 Å². The standard InChI is InChI=1S/C44H78NO10P/c1-3-5-7-9-11-13-15-17-19-21-23-25-27-29-31-33-35-42(46)52-37-40(38-53-56(50,51)54-39-41(45)44(48)49)55-43(47)36-34-32-30-28-26-24-22-20-18-16-14-12-10-8-6-4-2/h13-16,19-22,40-41H,3-12,17-18,23-39,45H2,1-2H3,(H,48,49)(H,50,51)/b15-13-,16-14-,21-19-,22-20-. The van der Waals surface area contributed by atoms with Crippen LogP contribution in [0.3, 0.4) is 0 Å². The number of esters is 2. The van der Waals surface area contributed by atoms with Gasteiger partial charge in [0.15, 0.2) is 6.10 Å². The van der Waals surface area contributed by atoms with Crippen molar-refractivity contribution < 1.29 is 47.5 Å². The summed E-state index contributed by atoms with van der Waals surface area (Å²) in [6.07, 6.45) is 43.1. The Balaban J connectivity index is 4.43. The zero-order valence-electron chi connectivity index (χ0n) is 35.0. The molecule has 4 N–H and O–H groups in total. The summed E-state index contributed by atoms with van der Waals surface area (Å²) in [5, 5.41) is 8.88. The second-order valence-electron chi connectivity index (χ2n) is 14.5. The largest absolute Gasteiger partial charge is 0.480 e. The number of unbranched alkanes of at least 4 members (excludes halogenated alkanes) is 18. The van der Waals surface area contributed by atoms with Crippen LogP contribution >= 0.6 is 7.82 Å². The number of phosphoric ester groups is 1. The summed E-state index contributed by atoms with van der Waals surface area (Å²) in [7, 11) is -4.72. The molecule has 0 saturated carbocycles. The lowest BCUT2D eigenvalue weighted by Gasteiger charge is -2.20. The Hall–Kier alpha value is -2.56. The number of carbonyl (C=O) groups is 3. The molecule has 12 heteroatoms. The maximum Gasteiger partial charge on any atom is 0.472 e. The molecule has 0 aromatic heterocycles. The molecule has 0 fully saturated rings. The Kier molecular flexibility index (Phi) is 37.5. The zero-order chi connectivity index (χ0) is 41.4. The van der Waals surface area contributed by atoms with Crippen LogP contribution in [-0.2, 0) is 37.5 Å². The molecule has 0 radical (unpaired) electrons. The Morgan fingerprint density at radius 1 is 0.554 bits per heavy atom. The topological polar surface area (TPSA) is 172 Å². The van der Waals surface area contributed by atoms with Crippen molar-refractivity contribution in [2.75, 3.05) is 19.8 Å². The molecule has 0 amide bonds. The van der Waals surface area contributed by atoms with Crippen LogP contribution in [0.1, 0.15) is 181 Å². The number of hydrogen-bond donors (Lipinski definition) is 3. The molecule has 0 bridgehead atoms. The van der Waals surface area contributed by atoms with Crippen LogP contribution in [-0.4, -0.2) is 59.9 Å². The van der Waals surface area contributed by atoms with Crippen LogP contribution in [0.15, 0.2) is 48.6 Å². The average molecular weight is 812 g/mol. The highest BCUT2D eigenvalue weighted by molar-refractivity contribution is 7.47. The van der Waals surface area contributed by atoms with Gasteiger partial charge in [0.2, 0.25) is 0 Å². The van der Waals surface area contributed by atoms with Gasteiger partial charge in [0.25, 0.3) is 0 Å². The third-order valence-corrected chi connectivity index (χ3v) is 10.0. The van der Waals surface area contributed by atoms with E-state index in [1.54, 1.807) is 0 Å². The number of rotatable bonds is 40. The number of carbonyl (C=O) groups excluding carboxylic acids is 2. The highest BCUT2D eigenvalue weighted by atomic mass is 31.2. The highest BCUT2D eigenvalue weighted by Gasteiger charge is 2.28. The van der Waals surface area contributed by atoms with E-state index < -0.39 is 51.1 Å². The fourth-order valence-corrected chi connectivity index (χ4v) is 6.37. The van der Waals surface area contributed by atoms with Crippen molar-refractivity contribution in [2.24, 2.45) is 5.73 Å². The van der Waals surface area contributed by atoms with E-state index >= 15 is 0 Å². The zero-order valence-corrected chi connectivity index (χ0v) is 35.9. The predicted molar refractivity (Wildman–Crippen MR) is 226 cm³/mol. The van der Waals surface area contributed by atoms with Crippen LogP contribution in [0.2, 0.25) is 0 Å². The van der Waals surface area contributed by atoms with Crippen LogP contribution in [0.4, 0.5) is 0 Å². The number of hydrogen-bond acceptors (Lipinski definition) is 9. The molecule has 0 heterocycles. The molecule has 0 spiro atoms. The van der Waals surface area contributed by atoms with E-state index in [1.807, 2.05) is 0 Å². The molecular weight excluding hydrogens is 733 g/mol. The maximum absolute atomic E-state index is 12.6. The Morgan fingerprint density at radius 2 is 0.946 bits per heavy atom. The SMILES string of the molecule is CCCCCC/C=C\C/C=C\CCCCCCCC(=O)OCC(COP(=O)(O)OCC(N)C(=O)O)OC(=O)CCCCCCC/C=C\C/C=C\CCCCCC. The summed E-state index contributed by atoms with van der Waals surface area (Å²) in [6.45, 7) is 2.73. The van der Waals surface area contributed by atoms with E-state index in [0.717, 1.165) is 89.9 Å². The molecule has 3 unspecified atom stereocenters. The molecule has 56 heavy (non-hydrogen) atoms. The number of carboxylic acids is 1. The summed E-state index contributed by atoms with van der Waals surface area (Å²) in [4.78, 5) is 45.9. The second kappa shape index (κ2) is 39.3. The summed E-state index contributed by atoms with van der Waals surface area (Å²) in [5.74, 6) is -2.42. The van der Waals surface area contributed by atoms with Crippen molar-refractivity contribution in [3.8, 4) is 0 Å². The molecule has 0 aliphatic carbocycles. The van der Waals surface area contributed by atoms with Gasteiger partial charge in [0, 0.05) is 12.8 Å². The molecule has 324 valence electrons. The maximum atomic E-state index is 12.6. The first-order chi connectivity index (χ1) is 27.1. The van der Waals surface area contributed by atoms with Crippen molar-refractivity contribution >= 4 is 25.7 Å². The van der Waals surface area contributed by atoms with Crippen LogP contribution in [0, 0.1) is 0 Å². The van der Waals surface area contributed by atoms with Gasteiger partial charge >= 0.3 is 25.7 Å². The summed E-state index contributed by atoms with van der Waals surface area (Å²) in [5.41, 5.74) is 5.33. The Labute approximate surface area is 339 Å². The third-order valence-electron chi connectivity index (χ3n) is 9.05. The van der Waals surface area contributed by atoms with Gasteiger partial charge in [0.1, 0.15) is 12.6 Å². The van der Waals surface area contributed by atoms with Gasteiger partial charge in [-0.15, -0.1) is 0 Å². The molecule has 0 aromatic carbocycles. The summed E-state index contributed by atoms with van der Waals surface area (Å²) >= 11 is 0. The van der Waals surface area contributed by atoms with Gasteiger partial charge in [-0.3, -0.25) is 23.4 Å². The number of carboxylic acid groups (broad SMARTS) is 1. The minimum absolute atomic E-state index is 0.141. The number of aliphatic carboxylic acids is 1. The minimum atomic E-state index is -4.72. The second-order valence-corrected chi connectivity index (χ2v) is 15.9. The van der Waals surface area contributed by atoms with Gasteiger partial charge in [-0.1, -0.05) is 140 Å². The fraction of sp³-hybridized carbons (Fsp3) is 0.750. The van der Waals surface area contributed by atoms with Gasteiger partial charge in [-0.2, -0.15) is 0 Å². The first-order valence-corrected chi connectivity index (χ1v) is 23.2. The van der Waals surface area contributed by atoms with Crippen LogP contribution in [0.25, 0.3) is 0 Å². The van der Waals surface area contributed by atoms with Crippen molar-refractivity contribution in [1.82, 2.24) is 0 Å². The molecule has 0 rings (SSSR count). The molecule has 3 atom stereocenters. The quantitative estimate of drug-likeness (QED) is 0.0233. The van der Waals surface area contributed by atoms with Crippen molar-refractivity contribution in [1.29, 1.82) is 0 Å². The van der Waals surface area contributed by atoms with Crippen molar-refractivity contribution in [2.45, 2.75) is 193 Å². The van der Waals surface area contributed by atoms with Gasteiger partial charge in [-0.25, -0.2) is 4.57 Å². The molecule has 0 saturated heterocycles. The lowest BCUT2D eigenvalue weighted by atomic mass is 10.1. The summed E-state index contributed by atoms with van der Waals surface area (Å²) in [6, 6.07) is -1.53. The monoisotopic (exact) mass is 812 g/mol. The van der Waals surface area contributed by atoms with Crippen molar-refractivity contribution in [3.05, 3.63) is 48.6 Å². The first-order valence-electron chi connectivity index (χ1n) is 21.7. The normalized spacial score (nSPS) is 14.2. The van der Waals surface area contributed by atoms with Gasteiger partial charge < -0.3 is 25.2 Å². The van der Waals surface area contributed by atoms with Crippen LogP contribution in [0.5, 0.6) is 0 Å². The van der Waals surface area contributed by atoms with Crippen LogP contribution < -0.4 is 5.73 Å². The lowest BCUT2D eigenvalue weighted by molar-refractivity contribution is -0.161. The van der Waals surface area contributed by atoms with E-state index in [1.165, 1.54) is 51.4 Å². The van der Waals surface area contributed by atoms with E-state index in [0.29, 0.717) is 12.8 Å². The number of phosphoric acid groups is 1. The van der Waals surface area contributed by atoms with E-state index in [2.05, 4.69) is 67.0 Å². The molecule has 0 aliphatic heterocycles. The number of allylic oxidation sites excluding steroid dienone is 8. The predicted octanol–water partition coefficient (Wildman–Crippen LogP) is 11.4. The third kappa shape index (κ3) is 38.3. The average Bonchev–Trinajstić information content (AvgIpc) is 3.17. The summed E-state index contributed by atoms with van der Waals surface area (Å²) < 4.78 is 32.7. The number of nitrogens with two attached hydrogens (primary N) is 1. The smallest absolute Gasteiger partial charge is 0.472 e. The molecule has 0 aromatic rings. The first kappa shape index (κ1) is 53.4. The minimum Gasteiger partial charge on any atom is -0.480 e. The van der Waals surface area contributed by atoms with Gasteiger partial charge in [-0.05, 0) is 77.0 Å². The molecular formula is C44H78NO10P. The Bertz CT molecular complexity index is 1140.